The number of nitro groups is 1. The van der Waals surface area contributed by atoms with Gasteiger partial charge in [-0.25, -0.2) is 0 Å². The highest BCUT2D eigenvalue weighted by Gasteiger charge is 2.26. The van der Waals surface area contributed by atoms with E-state index >= 15 is 0 Å². The van der Waals surface area contributed by atoms with Crippen molar-refractivity contribution in [2.45, 2.75) is 25.4 Å². The van der Waals surface area contributed by atoms with Crippen molar-refractivity contribution in [1.82, 2.24) is 0 Å². The second-order valence-electron chi connectivity index (χ2n) is 3.97. The number of benzene rings is 1. The zero-order valence-electron chi connectivity index (χ0n) is 8.72. The van der Waals surface area contributed by atoms with Crippen LogP contribution in [0.2, 0.25) is 0 Å². The molecule has 4 heteroatoms. The molecule has 0 saturated heterocycles. The maximum atomic E-state index is 10.3. The third kappa shape index (κ3) is 4.56. The Kier molecular flexibility index (Phi) is 3.80. The average molecular weight is 209 g/mol. The van der Waals surface area contributed by atoms with E-state index in [0.29, 0.717) is 12.8 Å². The predicted molar refractivity (Wildman–Crippen MR) is 57.2 cm³/mol. The average Bonchev–Trinajstić information content (AvgIpc) is 2.15. The van der Waals surface area contributed by atoms with E-state index < -0.39 is 17.1 Å². The molecule has 0 bridgehead atoms. The van der Waals surface area contributed by atoms with Crippen LogP contribution in [0, 0.1) is 10.1 Å². The van der Waals surface area contributed by atoms with Gasteiger partial charge in [0.1, 0.15) is 5.60 Å². The van der Waals surface area contributed by atoms with Crippen LogP contribution in [0.4, 0.5) is 0 Å². The number of aliphatic hydroxyl groups is 1. The van der Waals surface area contributed by atoms with Crippen LogP contribution < -0.4 is 0 Å². The summed E-state index contributed by atoms with van der Waals surface area (Å²) in [5.41, 5.74) is -0.139. The lowest BCUT2D eigenvalue weighted by atomic mass is 9.97. The van der Waals surface area contributed by atoms with Gasteiger partial charge in [0.25, 0.3) is 0 Å². The van der Waals surface area contributed by atoms with Crippen LogP contribution in [0.25, 0.3) is 0 Å². The van der Waals surface area contributed by atoms with Gasteiger partial charge < -0.3 is 5.11 Å². The Balaban J connectivity index is 2.46. The van der Waals surface area contributed by atoms with Crippen LogP contribution in [0.3, 0.4) is 0 Å². The minimum atomic E-state index is -1.22. The molecule has 4 nitrogen and oxygen atoms in total. The molecule has 0 spiro atoms. The van der Waals surface area contributed by atoms with Crippen molar-refractivity contribution < 1.29 is 10.0 Å². The lowest BCUT2D eigenvalue weighted by Crippen LogP contribution is -2.33. The molecule has 1 rings (SSSR count). The molecule has 0 unspecified atom stereocenters. The van der Waals surface area contributed by atoms with Gasteiger partial charge in [-0.3, -0.25) is 10.1 Å². The third-order valence-electron chi connectivity index (χ3n) is 2.26. The lowest BCUT2D eigenvalue weighted by Gasteiger charge is -2.17. The molecule has 0 radical (unpaired) electrons. The van der Waals surface area contributed by atoms with Crippen LogP contribution in [-0.4, -0.2) is 22.2 Å². The van der Waals surface area contributed by atoms with E-state index in [1.54, 1.807) is 0 Å². The molecule has 0 fully saturated rings. The van der Waals surface area contributed by atoms with Gasteiger partial charge in [-0.2, -0.15) is 0 Å². The van der Waals surface area contributed by atoms with E-state index in [2.05, 4.69) is 0 Å². The topological polar surface area (TPSA) is 63.4 Å². The summed E-state index contributed by atoms with van der Waals surface area (Å²) >= 11 is 0. The first kappa shape index (κ1) is 11.7. The first-order valence-corrected chi connectivity index (χ1v) is 4.88. The van der Waals surface area contributed by atoms with Crippen molar-refractivity contribution in [2.75, 3.05) is 6.54 Å². The smallest absolute Gasteiger partial charge is 0.231 e. The quantitative estimate of drug-likeness (QED) is 0.592. The minimum Gasteiger partial charge on any atom is -0.383 e. The molecule has 0 aliphatic carbocycles. The second kappa shape index (κ2) is 4.89. The SMILES string of the molecule is C[C@@](O)(CCc1ccccc1)C[N+](=O)[O-]. The Hall–Kier alpha value is -1.42. The highest BCUT2D eigenvalue weighted by atomic mass is 16.6. The number of hydrogen-bond acceptors (Lipinski definition) is 3. The Bertz CT molecular complexity index is 322. The minimum absolute atomic E-state index is 0.401. The van der Waals surface area contributed by atoms with Crippen LogP contribution in [0.5, 0.6) is 0 Å². The zero-order valence-corrected chi connectivity index (χ0v) is 8.72. The van der Waals surface area contributed by atoms with Crippen molar-refractivity contribution in [2.24, 2.45) is 0 Å². The number of rotatable bonds is 5. The molecule has 1 atom stereocenters. The van der Waals surface area contributed by atoms with Crippen LogP contribution in [0.15, 0.2) is 30.3 Å². The van der Waals surface area contributed by atoms with E-state index in [-0.39, 0.29) is 0 Å². The summed E-state index contributed by atoms with van der Waals surface area (Å²) < 4.78 is 0. The van der Waals surface area contributed by atoms with Crippen LogP contribution in [0.1, 0.15) is 18.9 Å². The van der Waals surface area contributed by atoms with Gasteiger partial charge in [0, 0.05) is 4.92 Å². The number of nitrogens with zero attached hydrogens (tertiary/aromatic N) is 1. The molecular formula is C11H15NO3. The van der Waals surface area contributed by atoms with E-state index in [1.165, 1.54) is 6.92 Å². The molecule has 0 heterocycles. The molecule has 0 aliphatic rings. The van der Waals surface area contributed by atoms with Crippen molar-refractivity contribution in [3.05, 3.63) is 46.0 Å². The fourth-order valence-electron chi connectivity index (χ4n) is 1.42. The van der Waals surface area contributed by atoms with Gasteiger partial charge in [-0.05, 0) is 25.3 Å². The van der Waals surface area contributed by atoms with E-state index in [9.17, 15) is 15.2 Å². The van der Waals surface area contributed by atoms with Crippen LogP contribution >= 0.6 is 0 Å². The fraction of sp³-hybridized carbons (Fsp3) is 0.455. The number of hydrogen-bond donors (Lipinski definition) is 1. The summed E-state index contributed by atoms with van der Waals surface area (Å²) in [6.07, 6.45) is 1.06. The Labute approximate surface area is 88.7 Å². The summed E-state index contributed by atoms with van der Waals surface area (Å²) in [5.74, 6) is 0. The molecule has 82 valence electrons. The maximum Gasteiger partial charge on any atom is 0.231 e. The molecule has 1 aromatic rings. The van der Waals surface area contributed by atoms with Crippen LogP contribution in [-0.2, 0) is 6.42 Å². The standard InChI is InChI=1S/C11H15NO3/c1-11(13,9-12(14)15)8-7-10-5-3-2-4-6-10/h2-6,13H,7-9H2,1H3/t11-/m1/s1. The Morgan fingerprint density at radius 2 is 2.00 bits per heavy atom. The van der Waals surface area contributed by atoms with E-state index in [0.717, 1.165) is 5.56 Å². The highest BCUT2D eigenvalue weighted by Crippen LogP contribution is 2.14. The molecule has 0 aliphatic heterocycles. The Morgan fingerprint density at radius 1 is 1.40 bits per heavy atom. The normalized spacial score (nSPS) is 14.5. The summed E-state index contributed by atoms with van der Waals surface area (Å²) in [4.78, 5) is 9.79. The molecular weight excluding hydrogens is 194 g/mol. The summed E-state index contributed by atoms with van der Waals surface area (Å²) in [6, 6.07) is 9.64. The van der Waals surface area contributed by atoms with E-state index in [4.69, 9.17) is 0 Å². The monoisotopic (exact) mass is 209 g/mol. The summed E-state index contributed by atoms with van der Waals surface area (Å²) in [5, 5.41) is 20.0. The zero-order chi connectivity index (χ0) is 11.3. The lowest BCUT2D eigenvalue weighted by molar-refractivity contribution is -0.499. The highest BCUT2D eigenvalue weighted by molar-refractivity contribution is 5.14. The van der Waals surface area contributed by atoms with Gasteiger partial charge in [0.15, 0.2) is 0 Å². The third-order valence-corrected chi connectivity index (χ3v) is 2.26. The predicted octanol–water partition coefficient (Wildman–Crippen LogP) is 1.65. The van der Waals surface area contributed by atoms with Gasteiger partial charge in [-0.1, -0.05) is 30.3 Å². The van der Waals surface area contributed by atoms with Gasteiger partial charge >= 0.3 is 0 Å². The molecule has 0 aromatic heterocycles. The largest absolute Gasteiger partial charge is 0.383 e. The number of aryl methyl sites for hydroxylation is 1. The molecule has 0 saturated carbocycles. The summed E-state index contributed by atoms with van der Waals surface area (Å²) in [6.45, 7) is 1.10. The molecule has 15 heavy (non-hydrogen) atoms. The Morgan fingerprint density at radius 3 is 2.53 bits per heavy atom. The fourth-order valence-corrected chi connectivity index (χ4v) is 1.42. The molecule has 0 amide bonds. The summed E-state index contributed by atoms with van der Waals surface area (Å²) in [7, 11) is 0. The van der Waals surface area contributed by atoms with Crippen molar-refractivity contribution in [3.63, 3.8) is 0 Å². The van der Waals surface area contributed by atoms with Gasteiger partial charge in [-0.15, -0.1) is 0 Å². The van der Waals surface area contributed by atoms with Gasteiger partial charge in [0.2, 0.25) is 6.54 Å². The van der Waals surface area contributed by atoms with Gasteiger partial charge in [0.05, 0.1) is 0 Å². The molecule has 1 aromatic carbocycles. The maximum absolute atomic E-state index is 10.3. The first-order chi connectivity index (χ1) is 6.99. The molecule has 1 N–H and O–H groups in total. The van der Waals surface area contributed by atoms with Crippen molar-refractivity contribution in [1.29, 1.82) is 0 Å². The van der Waals surface area contributed by atoms with Crippen molar-refractivity contribution >= 4 is 0 Å². The van der Waals surface area contributed by atoms with E-state index in [1.807, 2.05) is 30.3 Å². The first-order valence-electron chi connectivity index (χ1n) is 4.88. The second-order valence-corrected chi connectivity index (χ2v) is 3.97. The van der Waals surface area contributed by atoms with Crippen molar-refractivity contribution in [3.8, 4) is 0 Å².